The number of quaternary nitrogens is 1. The van der Waals surface area contributed by atoms with Crippen LogP contribution < -0.4 is 10.2 Å². The standard InChI is InChI=1S/C15H23N3O3/c1-12(2)21-15(16-7-10-18-8-3-4-9-18)17-14(19)13-6-5-11-20-13/h5-6,11-12H,3-4,7-10H2,1-2H3,(H,16,17,19)/p+1. The summed E-state index contributed by atoms with van der Waals surface area (Å²) in [5, 5.41) is 2.66. The van der Waals surface area contributed by atoms with E-state index >= 15 is 0 Å². The van der Waals surface area contributed by atoms with Crippen LogP contribution in [-0.2, 0) is 4.74 Å². The fourth-order valence-electron chi connectivity index (χ4n) is 2.34. The van der Waals surface area contributed by atoms with Crippen LogP contribution in [0.4, 0.5) is 0 Å². The second-order valence-electron chi connectivity index (χ2n) is 5.49. The monoisotopic (exact) mass is 294 g/mol. The first-order valence-corrected chi connectivity index (χ1v) is 7.54. The first-order chi connectivity index (χ1) is 10.1. The van der Waals surface area contributed by atoms with Gasteiger partial charge in [0.25, 0.3) is 11.9 Å². The average Bonchev–Trinajstić information content (AvgIpc) is 3.11. The van der Waals surface area contributed by atoms with Crippen molar-refractivity contribution in [3.05, 3.63) is 24.2 Å². The molecule has 116 valence electrons. The number of likely N-dealkylation sites (tertiary alicyclic amines) is 1. The highest BCUT2D eigenvalue weighted by Gasteiger charge is 2.16. The number of amidine groups is 1. The van der Waals surface area contributed by atoms with Crippen molar-refractivity contribution in [2.24, 2.45) is 4.99 Å². The highest BCUT2D eigenvalue weighted by Crippen LogP contribution is 2.00. The normalized spacial score (nSPS) is 16.4. The van der Waals surface area contributed by atoms with Gasteiger partial charge in [0.1, 0.15) is 0 Å². The summed E-state index contributed by atoms with van der Waals surface area (Å²) in [6, 6.07) is 3.55. The quantitative estimate of drug-likeness (QED) is 0.613. The molecule has 0 spiro atoms. The number of nitrogens with zero attached hydrogens (tertiary/aromatic N) is 1. The van der Waals surface area contributed by atoms with E-state index in [-0.39, 0.29) is 23.8 Å². The second-order valence-corrected chi connectivity index (χ2v) is 5.49. The summed E-state index contributed by atoms with van der Waals surface area (Å²) in [5.74, 6) is -0.0897. The first-order valence-electron chi connectivity index (χ1n) is 7.54. The Bertz CT molecular complexity index is 463. The molecule has 1 aliphatic rings. The van der Waals surface area contributed by atoms with Crippen molar-refractivity contribution >= 4 is 11.9 Å². The van der Waals surface area contributed by atoms with Crippen LogP contribution in [0.3, 0.4) is 0 Å². The van der Waals surface area contributed by atoms with Crippen molar-refractivity contribution in [1.82, 2.24) is 5.32 Å². The number of amides is 1. The summed E-state index contributed by atoms with van der Waals surface area (Å²) in [6.07, 6.45) is 4.01. The topological polar surface area (TPSA) is 68.3 Å². The summed E-state index contributed by atoms with van der Waals surface area (Å²) in [4.78, 5) is 17.9. The Hall–Kier alpha value is -1.82. The maximum Gasteiger partial charge on any atom is 0.294 e. The fourth-order valence-corrected chi connectivity index (χ4v) is 2.34. The molecule has 6 heteroatoms. The smallest absolute Gasteiger partial charge is 0.294 e. The molecule has 2 N–H and O–H groups in total. The lowest BCUT2D eigenvalue weighted by molar-refractivity contribution is -0.885. The third-order valence-electron chi connectivity index (χ3n) is 3.34. The van der Waals surface area contributed by atoms with Gasteiger partial charge in [0, 0.05) is 12.8 Å². The molecule has 2 rings (SSSR count). The van der Waals surface area contributed by atoms with Gasteiger partial charge in [-0.05, 0) is 26.0 Å². The van der Waals surface area contributed by atoms with Crippen molar-refractivity contribution in [2.45, 2.75) is 32.8 Å². The summed E-state index contributed by atoms with van der Waals surface area (Å²) >= 11 is 0. The number of hydrogen-bond acceptors (Lipinski definition) is 4. The van der Waals surface area contributed by atoms with E-state index in [9.17, 15) is 4.79 Å². The van der Waals surface area contributed by atoms with E-state index in [4.69, 9.17) is 9.15 Å². The minimum atomic E-state index is -0.340. The Morgan fingerprint density at radius 2 is 2.24 bits per heavy atom. The molecule has 1 fully saturated rings. The molecule has 0 unspecified atom stereocenters. The van der Waals surface area contributed by atoms with Crippen LogP contribution in [0.25, 0.3) is 0 Å². The van der Waals surface area contributed by atoms with Gasteiger partial charge >= 0.3 is 0 Å². The van der Waals surface area contributed by atoms with E-state index in [1.54, 1.807) is 17.0 Å². The Balaban J connectivity index is 1.88. The van der Waals surface area contributed by atoms with E-state index < -0.39 is 0 Å². The number of furan rings is 1. The number of carbonyl (C=O) groups excluding carboxylic acids is 1. The third-order valence-corrected chi connectivity index (χ3v) is 3.34. The molecule has 0 radical (unpaired) electrons. The first kappa shape index (κ1) is 15.6. The van der Waals surface area contributed by atoms with Crippen LogP contribution in [0.15, 0.2) is 27.8 Å². The van der Waals surface area contributed by atoms with Gasteiger partial charge in [-0.25, -0.2) is 4.99 Å². The van der Waals surface area contributed by atoms with Crippen LogP contribution in [0.1, 0.15) is 37.2 Å². The Kier molecular flexibility index (Phi) is 5.80. The molecule has 21 heavy (non-hydrogen) atoms. The van der Waals surface area contributed by atoms with Crippen molar-refractivity contribution in [1.29, 1.82) is 0 Å². The lowest BCUT2D eigenvalue weighted by Crippen LogP contribution is -3.10. The molecule has 0 atom stereocenters. The van der Waals surface area contributed by atoms with Crippen molar-refractivity contribution < 1.29 is 18.8 Å². The maximum absolute atomic E-state index is 11.9. The summed E-state index contributed by atoms with van der Waals surface area (Å²) in [6.45, 7) is 7.86. The lowest BCUT2D eigenvalue weighted by atomic mass is 10.4. The van der Waals surface area contributed by atoms with Crippen molar-refractivity contribution in [3.63, 3.8) is 0 Å². The number of rotatable bonds is 5. The van der Waals surface area contributed by atoms with Gasteiger partial charge in [0.15, 0.2) is 5.76 Å². The van der Waals surface area contributed by atoms with Crippen LogP contribution >= 0.6 is 0 Å². The minimum Gasteiger partial charge on any atom is -0.462 e. The third kappa shape index (κ3) is 5.23. The van der Waals surface area contributed by atoms with Crippen LogP contribution in [0.5, 0.6) is 0 Å². The molecule has 6 nitrogen and oxygen atoms in total. The summed E-state index contributed by atoms with van der Waals surface area (Å²) in [5.41, 5.74) is 0. The molecule has 0 aromatic carbocycles. The second kappa shape index (κ2) is 7.83. The van der Waals surface area contributed by atoms with E-state index in [1.165, 1.54) is 32.2 Å². The molecule has 1 aromatic rings. The van der Waals surface area contributed by atoms with Crippen molar-refractivity contribution in [3.8, 4) is 0 Å². The number of carbonyl (C=O) groups is 1. The SMILES string of the molecule is CC(C)OC(=NCC[NH+]1CCCC1)NC(=O)c1ccco1. The number of ether oxygens (including phenoxy) is 1. The number of nitrogens with one attached hydrogen (secondary N) is 2. The largest absolute Gasteiger partial charge is 0.462 e. The van der Waals surface area contributed by atoms with Gasteiger partial charge in [0.05, 0.1) is 38.5 Å². The van der Waals surface area contributed by atoms with Gasteiger partial charge in [0.2, 0.25) is 0 Å². The zero-order valence-electron chi connectivity index (χ0n) is 12.7. The summed E-state index contributed by atoms with van der Waals surface area (Å²) in [7, 11) is 0. The predicted molar refractivity (Wildman–Crippen MR) is 79.5 cm³/mol. The molecule has 0 saturated carbocycles. The number of hydrogen-bond donors (Lipinski definition) is 2. The summed E-state index contributed by atoms with van der Waals surface area (Å²) < 4.78 is 10.6. The van der Waals surface area contributed by atoms with Gasteiger partial charge in [-0.15, -0.1) is 0 Å². The van der Waals surface area contributed by atoms with E-state index in [0.29, 0.717) is 6.54 Å². The van der Waals surface area contributed by atoms with Gasteiger partial charge in [-0.2, -0.15) is 0 Å². The maximum atomic E-state index is 11.9. The molecular formula is C15H24N3O3+. The highest BCUT2D eigenvalue weighted by atomic mass is 16.5. The van der Waals surface area contributed by atoms with Gasteiger partial charge in [-0.1, -0.05) is 0 Å². The molecular weight excluding hydrogens is 270 g/mol. The van der Waals surface area contributed by atoms with Crippen LogP contribution in [0.2, 0.25) is 0 Å². The van der Waals surface area contributed by atoms with Gasteiger partial charge in [-0.3, -0.25) is 10.1 Å². The van der Waals surface area contributed by atoms with Crippen molar-refractivity contribution in [2.75, 3.05) is 26.2 Å². The van der Waals surface area contributed by atoms with Crippen LogP contribution in [0, 0.1) is 0 Å². The zero-order valence-corrected chi connectivity index (χ0v) is 12.7. The fraction of sp³-hybridized carbons (Fsp3) is 0.600. The predicted octanol–water partition coefficient (Wildman–Crippen LogP) is 0.469. The van der Waals surface area contributed by atoms with Crippen LogP contribution in [-0.4, -0.2) is 44.2 Å². The van der Waals surface area contributed by atoms with E-state index in [2.05, 4.69) is 10.3 Å². The van der Waals surface area contributed by atoms with Gasteiger partial charge < -0.3 is 14.1 Å². The van der Waals surface area contributed by atoms with E-state index in [1.807, 2.05) is 13.8 Å². The molecule has 2 heterocycles. The number of aliphatic imine (C=N–C) groups is 1. The Morgan fingerprint density at radius 3 is 2.86 bits per heavy atom. The average molecular weight is 294 g/mol. The Labute approximate surface area is 125 Å². The van der Waals surface area contributed by atoms with E-state index in [0.717, 1.165) is 6.54 Å². The minimum absolute atomic E-state index is 0.0419. The highest BCUT2D eigenvalue weighted by molar-refractivity contribution is 6.02. The molecule has 1 aromatic heterocycles. The molecule has 0 aliphatic carbocycles. The molecule has 1 amide bonds. The molecule has 1 aliphatic heterocycles. The molecule has 0 bridgehead atoms. The lowest BCUT2D eigenvalue weighted by Gasteiger charge is -2.14. The zero-order chi connectivity index (χ0) is 15.1. The molecule has 1 saturated heterocycles. The Morgan fingerprint density at radius 1 is 1.48 bits per heavy atom.